The maximum atomic E-state index is 12.6. The summed E-state index contributed by atoms with van der Waals surface area (Å²) in [6, 6.07) is 1.62. The van der Waals surface area contributed by atoms with E-state index >= 15 is 0 Å². The van der Waals surface area contributed by atoms with Crippen molar-refractivity contribution >= 4 is 23.5 Å². The minimum absolute atomic E-state index is 0.00823. The first-order valence-corrected chi connectivity index (χ1v) is 7.62. The zero-order valence-corrected chi connectivity index (χ0v) is 14.0. The molecule has 0 radical (unpaired) electrons. The number of carbonyl (C=O) groups excluding carboxylic acids is 4. The van der Waals surface area contributed by atoms with Crippen LogP contribution in [-0.2, 0) is 23.9 Å². The lowest BCUT2D eigenvalue weighted by Gasteiger charge is -2.14. The highest BCUT2D eigenvalue weighted by Gasteiger charge is 2.29. The molecular weight excluding hydrogens is 314 g/mol. The van der Waals surface area contributed by atoms with Crippen LogP contribution < -0.4 is 0 Å². The van der Waals surface area contributed by atoms with Gasteiger partial charge >= 0.3 is 11.9 Å². The number of hydrogen-bond donors (Lipinski definition) is 0. The van der Waals surface area contributed by atoms with Crippen LogP contribution in [0.4, 0.5) is 0 Å². The number of nitrogens with zero attached hydrogens (tertiary/aromatic N) is 1. The van der Waals surface area contributed by atoms with Gasteiger partial charge in [0.1, 0.15) is 0 Å². The molecule has 7 heteroatoms. The fraction of sp³-hybridized carbons (Fsp3) is 0.471. The molecule has 0 N–H and O–H groups in total. The molecule has 0 saturated heterocycles. The molecule has 7 nitrogen and oxygen atoms in total. The largest absolute Gasteiger partial charge is 0.466 e. The van der Waals surface area contributed by atoms with E-state index in [0.717, 1.165) is 5.56 Å². The normalized spacial score (nSPS) is 11.5. The number of aryl methyl sites for hydroxylation is 1. The Hall–Kier alpha value is -2.57. The van der Waals surface area contributed by atoms with E-state index in [4.69, 9.17) is 4.74 Å². The van der Waals surface area contributed by atoms with Crippen LogP contribution in [0.15, 0.2) is 18.5 Å². The molecule has 1 heterocycles. The van der Waals surface area contributed by atoms with Crippen molar-refractivity contribution in [1.29, 1.82) is 0 Å². The molecule has 1 aromatic rings. The number of carbonyl (C=O) groups is 4. The highest BCUT2D eigenvalue weighted by molar-refractivity contribution is 6.11. The first-order chi connectivity index (χ1) is 11.3. The standard InChI is InChI=1S/C17H21NO6/c1-4-23-16(21)6-5-14(15(20)10-24-12(3)19)17(22)13-7-11(2)8-18-9-13/h7-9,14H,4-6,10H2,1-3H3. The van der Waals surface area contributed by atoms with Crippen LogP contribution in [0.3, 0.4) is 0 Å². The fourth-order valence-corrected chi connectivity index (χ4v) is 2.10. The summed E-state index contributed by atoms with van der Waals surface area (Å²) < 4.78 is 9.49. The molecule has 130 valence electrons. The van der Waals surface area contributed by atoms with Gasteiger partial charge in [-0.25, -0.2) is 0 Å². The summed E-state index contributed by atoms with van der Waals surface area (Å²) in [6.07, 6.45) is 2.87. The van der Waals surface area contributed by atoms with Gasteiger partial charge in [-0.15, -0.1) is 0 Å². The minimum Gasteiger partial charge on any atom is -0.466 e. The van der Waals surface area contributed by atoms with Gasteiger partial charge in [-0.1, -0.05) is 0 Å². The number of hydrogen-bond acceptors (Lipinski definition) is 7. The Balaban J connectivity index is 2.90. The van der Waals surface area contributed by atoms with Gasteiger partial charge in [0, 0.05) is 31.3 Å². The smallest absolute Gasteiger partial charge is 0.305 e. The number of ketones is 2. The molecule has 24 heavy (non-hydrogen) atoms. The van der Waals surface area contributed by atoms with Gasteiger partial charge in [0.25, 0.3) is 0 Å². The predicted molar refractivity (Wildman–Crippen MR) is 84.3 cm³/mol. The molecule has 1 aromatic heterocycles. The monoisotopic (exact) mass is 335 g/mol. The molecule has 0 bridgehead atoms. The summed E-state index contributed by atoms with van der Waals surface area (Å²) >= 11 is 0. The van der Waals surface area contributed by atoms with Crippen molar-refractivity contribution in [2.24, 2.45) is 5.92 Å². The lowest BCUT2D eigenvalue weighted by Crippen LogP contribution is -2.29. The number of esters is 2. The number of rotatable bonds is 9. The van der Waals surface area contributed by atoms with Crippen molar-refractivity contribution < 1.29 is 28.7 Å². The van der Waals surface area contributed by atoms with Gasteiger partial charge in [0.15, 0.2) is 18.2 Å². The van der Waals surface area contributed by atoms with Crippen LogP contribution in [-0.4, -0.2) is 41.7 Å². The lowest BCUT2D eigenvalue weighted by molar-refractivity contribution is -0.147. The Labute approximate surface area is 140 Å². The van der Waals surface area contributed by atoms with E-state index in [1.54, 1.807) is 26.1 Å². The Morgan fingerprint density at radius 2 is 1.88 bits per heavy atom. The van der Waals surface area contributed by atoms with Crippen molar-refractivity contribution in [2.75, 3.05) is 13.2 Å². The SMILES string of the molecule is CCOC(=O)CCC(C(=O)COC(C)=O)C(=O)c1cncc(C)c1. The molecule has 1 atom stereocenters. The van der Waals surface area contributed by atoms with Crippen LogP contribution in [0.25, 0.3) is 0 Å². The van der Waals surface area contributed by atoms with Gasteiger partial charge in [0.2, 0.25) is 0 Å². The maximum Gasteiger partial charge on any atom is 0.305 e. The molecule has 0 aromatic carbocycles. The topological polar surface area (TPSA) is 99.6 Å². The third-order valence-corrected chi connectivity index (χ3v) is 3.22. The lowest BCUT2D eigenvalue weighted by atomic mass is 9.90. The molecule has 0 fully saturated rings. The van der Waals surface area contributed by atoms with E-state index in [0.29, 0.717) is 0 Å². The molecule has 0 aliphatic rings. The molecule has 0 aliphatic carbocycles. The van der Waals surface area contributed by atoms with Crippen LogP contribution in [0.1, 0.15) is 42.6 Å². The zero-order chi connectivity index (χ0) is 18.1. The van der Waals surface area contributed by atoms with Crippen molar-refractivity contribution in [3.05, 3.63) is 29.6 Å². The van der Waals surface area contributed by atoms with Crippen molar-refractivity contribution in [3.63, 3.8) is 0 Å². The average molecular weight is 335 g/mol. The Bertz CT molecular complexity index is 625. The van der Waals surface area contributed by atoms with Gasteiger partial charge in [-0.3, -0.25) is 24.2 Å². The third-order valence-electron chi connectivity index (χ3n) is 3.22. The zero-order valence-electron chi connectivity index (χ0n) is 14.0. The van der Waals surface area contributed by atoms with E-state index in [9.17, 15) is 19.2 Å². The van der Waals surface area contributed by atoms with Crippen LogP contribution in [0, 0.1) is 12.8 Å². The van der Waals surface area contributed by atoms with Gasteiger partial charge < -0.3 is 9.47 Å². The predicted octanol–water partition coefficient (Wildman–Crippen LogP) is 1.66. The minimum atomic E-state index is -1.09. The fourth-order valence-electron chi connectivity index (χ4n) is 2.10. The Morgan fingerprint density at radius 3 is 2.46 bits per heavy atom. The highest BCUT2D eigenvalue weighted by Crippen LogP contribution is 2.17. The molecule has 0 spiro atoms. The second-order valence-corrected chi connectivity index (χ2v) is 5.26. The highest BCUT2D eigenvalue weighted by atomic mass is 16.5. The summed E-state index contributed by atoms with van der Waals surface area (Å²) in [5, 5.41) is 0. The van der Waals surface area contributed by atoms with Crippen LogP contribution >= 0.6 is 0 Å². The van der Waals surface area contributed by atoms with Crippen molar-refractivity contribution in [1.82, 2.24) is 4.98 Å². The average Bonchev–Trinajstić information content (AvgIpc) is 2.53. The van der Waals surface area contributed by atoms with E-state index < -0.39 is 36.0 Å². The summed E-state index contributed by atoms with van der Waals surface area (Å²) in [7, 11) is 0. The second kappa shape index (κ2) is 9.54. The van der Waals surface area contributed by atoms with Gasteiger partial charge in [-0.2, -0.15) is 0 Å². The number of pyridine rings is 1. The van der Waals surface area contributed by atoms with Gasteiger partial charge in [0.05, 0.1) is 12.5 Å². The third kappa shape index (κ3) is 6.28. The quantitative estimate of drug-likeness (QED) is 0.384. The van der Waals surface area contributed by atoms with Crippen molar-refractivity contribution in [2.45, 2.75) is 33.6 Å². The molecule has 1 rings (SSSR count). The molecular formula is C17H21NO6. The number of Topliss-reactive ketones (excluding diaryl/α,β-unsaturated/α-hetero) is 2. The summed E-state index contributed by atoms with van der Waals surface area (Å²) in [5.74, 6) is -3.19. The van der Waals surface area contributed by atoms with Crippen LogP contribution in [0.5, 0.6) is 0 Å². The molecule has 0 amide bonds. The van der Waals surface area contributed by atoms with E-state index in [1.165, 1.54) is 13.1 Å². The molecule has 0 aliphatic heterocycles. The maximum absolute atomic E-state index is 12.6. The van der Waals surface area contributed by atoms with E-state index in [-0.39, 0.29) is 25.0 Å². The molecule has 0 saturated carbocycles. The van der Waals surface area contributed by atoms with Crippen LogP contribution in [0.2, 0.25) is 0 Å². The molecule has 1 unspecified atom stereocenters. The van der Waals surface area contributed by atoms with E-state index in [2.05, 4.69) is 9.72 Å². The summed E-state index contributed by atoms with van der Waals surface area (Å²) in [6.45, 7) is 4.34. The summed E-state index contributed by atoms with van der Waals surface area (Å²) in [5.41, 5.74) is 1.05. The number of aromatic nitrogens is 1. The van der Waals surface area contributed by atoms with E-state index in [1.807, 2.05) is 0 Å². The number of ether oxygens (including phenoxy) is 2. The summed E-state index contributed by atoms with van der Waals surface area (Å²) in [4.78, 5) is 51.2. The Kier molecular flexibility index (Phi) is 7.74. The first-order valence-electron chi connectivity index (χ1n) is 7.62. The Morgan fingerprint density at radius 1 is 1.17 bits per heavy atom. The second-order valence-electron chi connectivity index (χ2n) is 5.26. The van der Waals surface area contributed by atoms with Gasteiger partial charge in [-0.05, 0) is 31.9 Å². The van der Waals surface area contributed by atoms with Crippen molar-refractivity contribution in [3.8, 4) is 0 Å². The first kappa shape index (κ1) is 19.5.